The van der Waals surface area contributed by atoms with Crippen LogP contribution in [0.25, 0.3) is 0 Å². The molecule has 0 saturated carbocycles. The number of halogens is 1. The molecule has 1 fully saturated rings. The lowest BCUT2D eigenvalue weighted by molar-refractivity contribution is -0.0108. The maximum Gasteiger partial charge on any atom is 0.254 e. The molecule has 1 aliphatic rings. The molecular formula is C15H20ClNO3. The molecule has 1 aromatic carbocycles. The number of rotatable bonds is 5. The Hall–Kier alpha value is -1.26. The normalized spacial score (nSPS) is 18.9. The fourth-order valence-electron chi connectivity index (χ4n) is 2.12. The van der Waals surface area contributed by atoms with E-state index in [1.54, 1.807) is 11.0 Å². The largest absolute Gasteiger partial charge is 0.494 e. The number of ether oxygens (including phenoxy) is 2. The first-order chi connectivity index (χ1) is 9.74. The van der Waals surface area contributed by atoms with E-state index in [4.69, 9.17) is 21.1 Å². The first-order valence-electron chi connectivity index (χ1n) is 6.94. The molecule has 5 heteroatoms. The van der Waals surface area contributed by atoms with Gasteiger partial charge < -0.3 is 14.4 Å². The van der Waals surface area contributed by atoms with Crippen molar-refractivity contribution in [1.29, 1.82) is 0 Å². The van der Waals surface area contributed by atoms with Crippen LogP contribution >= 0.6 is 11.6 Å². The van der Waals surface area contributed by atoms with Gasteiger partial charge in [-0.2, -0.15) is 0 Å². The first-order valence-corrected chi connectivity index (χ1v) is 7.47. The van der Waals surface area contributed by atoms with E-state index in [9.17, 15) is 4.79 Å². The van der Waals surface area contributed by atoms with Crippen molar-refractivity contribution in [1.82, 2.24) is 4.90 Å². The lowest BCUT2D eigenvalue weighted by Crippen LogP contribution is -2.46. The zero-order valence-corrected chi connectivity index (χ0v) is 12.4. The van der Waals surface area contributed by atoms with E-state index in [0.717, 1.165) is 12.2 Å². The second kappa shape index (κ2) is 7.50. The molecule has 0 radical (unpaired) electrons. The molecule has 1 heterocycles. The van der Waals surface area contributed by atoms with Gasteiger partial charge in [0.15, 0.2) is 0 Å². The topological polar surface area (TPSA) is 38.8 Å². The van der Waals surface area contributed by atoms with Crippen molar-refractivity contribution in [3.8, 4) is 5.75 Å². The Kier molecular flexibility index (Phi) is 5.68. The van der Waals surface area contributed by atoms with E-state index < -0.39 is 0 Å². The highest BCUT2D eigenvalue weighted by atomic mass is 35.5. The van der Waals surface area contributed by atoms with Crippen LogP contribution in [0.15, 0.2) is 24.3 Å². The molecule has 110 valence electrons. The predicted octanol–water partition coefficient (Wildman–Crippen LogP) is 2.56. The van der Waals surface area contributed by atoms with Crippen LogP contribution in [-0.2, 0) is 4.74 Å². The zero-order chi connectivity index (χ0) is 14.4. The van der Waals surface area contributed by atoms with E-state index in [-0.39, 0.29) is 12.0 Å². The van der Waals surface area contributed by atoms with Crippen LogP contribution in [0.2, 0.25) is 0 Å². The van der Waals surface area contributed by atoms with Crippen LogP contribution < -0.4 is 4.74 Å². The SMILES string of the molecule is CCCOc1cccc(C(=O)N2CCOC(CCl)C2)c1. The van der Waals surface area contributed by atoms with Gasteiger partial charge in [-0.1, -0.05) is 13.0 Å². The van der Waals surface area contributed by atoms with Gasteiger partial charge in [0.1, 0.15) is 5.75 Å². The van der Waals surface area contributed by atoms with E-state index in [2.05, 4.69) is 6.92 Å². The maximum absolute atomic E-state index is 12.5. The minimum Gasteiger partial charge on any atom is -0.494 e. The smallest absolute Gasteiger partial charge is 0.254 e. The number of hydrogen-bond donors (Lipinski definition) is 0. The number of nitrogens with zero attached hydrogens (tertiary/aromatic N) is 1. The van der Waals surface area contributed by atoms with Crippen LogP contribution in [0.4, 0.5) is 0 Å². The van der Waals surface area contributed by atoms with Gasteiger partial charge in [0.2, 0.25) is 0 Å². The summed E-state index contributed by atoms with van der Waals surface area (Å²) in [5.41, 5.74) is 0.647. The highest BCUT2D eigenvalue weighted by Crippen LogP contribution is 2.17. The second-order valence-corrected chi connectivity index (χ2v) is 5.08. The van der Waals surface area contributed by atoms with Crippen molar-refractivity contribution < 1.29 is 14.3 Å². The number of carbonyl (C=O) groups is 1. The molecule has 4 nitrogen and oxygen atoms in total. The highest BCUT2D eigenvalue weighted by Gasteiger charge is 2.24. The van der Waals surface area contributed by atoms with Gasteiger partial charge in [-0.05, 0) is 24.6 Å². The molecule has 0 aromatic heterocycles. The van der Waals surface area contributed by atoms with Gasteiger partial charge in [0, 0.05) is 18.7 Å². The molecule has 0 bridgehead atoms. The number of carbonyl (C=O) groups excluding carboxylic acids is 1. The number of alkyl halides is 1. The van der Waals surface area contributed by atoms with Crippen LogP contribution in [-0.4, -0.2) is 49.1 Å². The lowest BCUT2D eigenvalue weighted by Gasteiger charge is -2.32. The highest BCUT2D eigenvalue weighted by molar-refractivity contribution is 6.18. The summed E-state index contributed by atoms with van der Waals surface area (Å²) >= 11 is 5.80. The molecule has 0 aliphatic carbocycles. The van der Waals surface area contributed by atoms with Crippen LogP contribution in [0, 0.1) is 0 Å². The quantitative estimate of drug-likeness (QED) is 0.784. The minimum absolute atomic E-state index is 0.00497. The lowest BCUT2D eigenvalue weighted by atomic mass is 10.1. The maximum atomic E-state index is 12.5. The molecule has 1 aliphatic heterocycles. The summed E-state index contributed by atoms with van der Waals surface area (Å²) in [6, 6.07) is 7.32. The van der Waals surface area contributed by atoms with Gasteiger partial charge in [-0.25, -0.2) is 0 Å². The first kappa shape index (κ1) is 15.1. The molecule has 1 atom stereocenters. The second-order valence-electron chi connectivity index (χ2n) is 4.77. The van der Waals surface area contributed by atoms with Crippen LogP contribution in [0.3, 0.4) is 0 Å². The Morgan fingerprint density at radius 3 is 3.15 bits per heavy atom. The number of morpholine rings is 1. The van der Waals surface area contributed by atoms with Crippen LogP contribution in [0.5, 0.6) is 5.75 Å². The average Bonchev–Trinajstić information content (AvgIpc) is 2.52. The van der Waals surface area contributed by atoms with E-state index in [1.165, 1.54) is 0 Å². The average molecular weight is 298 g/mol. The van der Waals surface area contributed by atoms with Gasteiger partial charge in [-0.15, -0.1) is 11.6 Å². The number of hydrogen-bond acceptors (Lipinski definition) is 3. The summed E-state index contributed by atoms with van der Waals surface area (Å²) in [6.45, 7) is 4.39. The minimum atomic E-state index is -0.0751. The summed E-state index contributed by atoms with van der Waals surface area (Å²) in [6.07, 6.45) is 0.868. The molecule has 0 spiro atoms. The van der Waals surface area contributed by atoms with Crippen molar-refractivity contribution in [2.45, 2.75) is 19.4 Å². The van der Waals surface area contributed by atoms with Crippen molar-refractivity contribution in [2.24, 2.45) is 0 Å². The summed E-state index contributed by atoms with van der Waals surface area (Å²) in [5, 5.41) is 0. The Morgan fingerprint density at radius 2 is 2.40 bits per heavy atom. The third-order valence-corrected chi connectivity index (χ3v) is 3.50. The molecule has 2 rings (SSSR count). The zero-order valence-electron chi connectivity index (χ0n) is 11.7. The molecule has 0 N–H and O–H groups in total. The number of amides is 1. The van der Waals surface area contributed by atoms with Crippen molar-refractivity contribution in [3.05, 3.63) is 29.8 Å². The Bertz CT molecular complexity index is 452. The summed E-state index contributed by atoms with van der Waals surface area (Å²) < 4.78 is 11.0. The molecule has 1 amide bonds. The van der Waals surface area contributed by atoms with Gasteiger partial charge in [0.25, 0.3) is 5.91 Å². The van der Waals surface area contributed by atoms with Gasteiger partial charge in [-0.3, -0.25) is 4.79 Å². The molecular weight excluding hydrogens is 278 g/mol. The van der Waals surface area contributed by atoms with Crippen LogP contribution in [0.1, 0.15) is 23.7 Å². The monoisotopic (exact) mass is 297 g/mol. The number of benzene rings is 1. The summed E-state index contributed by atoms with van der Waals surface area (Å²) in [5.74, 6) is 1.15. The Labute approximate surface area is 124 Å². The molecule has 1 aromatic rings. The fourth-order valence-corrected chi connectivity index (χ4v) is 2.31. The Morgan fingerprint density at radius 1 is 1.55 bits per heavy atom. The third-order valence-electron chi connectivity index (χ3n) is 3.15. The van der Waals surface area contributed by atoms with Gasteiger partial charge in [0.05, 0.1) is 25.2 Å². The molecule has 1 saturated heterocycles. The van der Waals surface area contributed by atoms with Gasteiger partial charge >= 0.3 is 0 Å². The fraction of sp³-hybridized carbons (Fsp3) is 0.533. The standard InChI is InChI=1S/C15H20ClNO3/c1-2-7-19-13-5-3-4-12(9-13)15(18)17-6-8-20-14(10-16)11-17/h3-5,9,14H,2,6-8,10-11H2,1H3. The third kappa shape index (κ3) is 3.87. The van der Waals surface area contributed by atoms with E-state index in [1.807, 2.05) is 18.2 Å². The van der Waals surface area contributed by atoms with Crippen molar-refractivity contribution in [3.63, 3.8) is 0 Å². The molecule has 20 heavy (non-hydrogen) atoms. The Balaban J connectivity index is 2.04. The summed E-state index contributed by atoms with van der Waals surface area (Å²) in [4.78, 5) is 14.2. The van der Waals surface area contributed by atoms with E-state index >= 15 is 0 Å². The van der Waals surface area contributed by atoms with Crippen molar-refractivity contribution >= 4 is 17.5 Å². The van der Waals surface area contributed by atoms with E-state index in [0.29, 0.717) is 37.7 Å². The predicted molar refractivity (Wildman–Crippen MR) is 78.6 cm³/mol. The van der Waals surface area contributed by atoms with Crippen molar-refractivity contribution in [2.75, 3.05) is 32.2 Å². The molecule has 1 unspecified atom stereocenters. The summed E-state index contributed by atoms with van der Waals surface area (Å²) in [7, 11) is 0.